The van der Waals surface area contributed by atoms with E-state index < -0.39 is 5.41 Å². The van der Waals surface area contributed by atoms with Gasteiger partial charge in [-0.25, -0.2) is 4.99 Å². The molecule has 44 heavy (non-hydrogen) atoms. The van der Waals surface area contributed by atoms with E-state index in [0.717, 1.165) is 50.4 Å². The van der Waals surface area contributed by atoms with E-state index in [1.807, 2.05) is 32.0 Å². The minimum absolute atomic E-state index is 0.136. The van der Waals surface area contributed by atoms with Crippen LogP contribution < -0.4 is 9.80 Å². The Kier molecular flexibility index (Phi) is 9.42. The first kappa shape index (κ1) is 33.0. The number of aryl methyl sites for hydroxylation is 2. The van der Waals surface area contributed by atoms with Gasteiger partial charge < -0.3 is 0 Å². The molecule has 232 valence electrons. The van der Waals surface area contributed by atoms with Gasteiger partial charge in [0.05, 0.1) is 17.1 Å². The van der Waals surface area contributed by atoms with Gasteiger partial charge in [0.2, 0.25) is 11.8 Å². The molecule has 0 saturated carbocycles. The quantitative estimate of drug-likeness (QED) is 0.203. The highest BCUT2D eigenvalue weighted by Crippen LogP contribution is 2.47. The second-order valence-electron chi connectivity index (χ2n) is 13.9. The Morgan fingerprint density at radius 2 is 0.909 bits per heavy atom. The Bertz CT molecular complexity index is 1490. The maximum absolute atomic E-state index is 14.8. The van der Waals surface area contributed by atoms with E-state index in [0.29, 0.717) is 5.82 Å². The van der Waals surface area contributed by atoms with Gasteiger partial charge in [-0.3, -0.25) is 19.4 Å². The smallest absolute Gasteiger partial charge is 0.248 e. The van der Waals surface area contributed by atoms with Gasteiger partial charge in [0.1, 0.15) is 5.41 Å². The first-order valence-electron chi connectivity index (χ1n) is 16.0. The van der Waals surface area contributed by atoms with Crippen molar-refractivity contribution in [1.29, 1.82) is 0 Å². The largest absolute Gasteiger partial charge is 0.273 e. The Morgan fingerprint density at radius 3 is 1.23 bits per heavy atom. The molecule has 0 bridgehead atoms. The maximum atomic E-state index is 14.8. The van der Waals surface area contributed by atoms with Crippen LogP contribution in [0.25, 0.3) is 0 Å². The minimum atomic E-state index is -1.33. The standard InChI is InChI=1S/C39H49N3O2/c1-23(2)29-18-14-19-30(24(3)4)35(29)41-33(22-40-34-27(9)16-13-17-28(34)10)42(38(44)39(11,12)37(41)43)36-31(25(5)6)20-15-21-32(36)26(7)8/h13-21,23-26H,1-12H3. The van der Waals surface area contributed by atoms with E-state index in [-0.39, 0.29) is 35.5 Å². The molecule has 1 aliphatic heterocycles. The molecule has 1 saturated heterocycles. The summed E-state index contributed by atoms with van der Waals surface area (Å²) in [5, 5.41) is 0. The third kappa shape index (κ3) is 5.78. The molecule has 0 unspecified atom stereocenters. The number of amides is 2. The van der Waals surface area contributed by atoms with Crippen LogP contribution in [0.5, 0.6) is 0 Å². The Balaban J connectivity index is 2.25. The average Bonchev–Trinajstić information content (AvgIpc) is 2.95. The molecule has 4 rings (SSSR count). The van der Waals surface area contributed by atoms with Crippen LogP contribution in [0.2, 0.25) is 0 Å². The van der Waals surface area contributed by atoms with Crippen LogP contribution in [0, 0.1) is 19.3 Å². The Labute approximate surface area is 264 Å². The van der Waals surface area contributed by atoms with Crippen LogP contribution in [0.4, 0.5) is 17.1 Å². The van der Waals surface area contributed by atoms with Crippen molar-refractivity contribution in [3.05, 3.63) is 93.8 Å². The van der Waals surface area contributed by atoms with E-state index in [2.05, 4.69) is 97.7 Å². The number of aliphatic imine (C=N–C) groups is 1. The van der Waals surface area contributed by atoms with Crippen LogP contribution in [-0.4, -0.2) is 17.7 Å². The van der Waals surface area contributed by atoms with Gasteiger partial charge in [-0.05, 0) is 84.7 Å². The van der Waals surface area contributed by atoms with Crippen LogP contribution in [0.3, 0.4) is 0 Å². The van der Waals surface area contributed by atoms with E-state index in [1.54, 1.807) is 23.6 Å². The number of hydrogen-bond donors (Lipinski definition) is 0. The topological polar surface area (TPSA) is 53.0 Å². The highest BCUT2D eigenvalue weighted by Gasteiger charge is 2.52. The molecule has 1 fully saturated rings. The van der Waals surface area contributed by atoms with Crippen LogP contribution in [0.15, 0.2) is 65.4 Å². The van der Waals surface area contributed by atoms with Crippen molar-refractivity contribution in [2.75, 3.05) is 9.80 Å². The fourth-order valence-electron chi connectivity index (χ4n) is 6.09. The molecule has 1 aliphatic rings. The monoisotopic (exact) mass is 591 g/mol. The lowest BCUT2D eigenvalue weighted by Crippen LogP contribution is -2.60. The zero-order valence-electron chi connectivity index (χ0n) is 28.7. The number of carbonyl (C=O) groups excluding carboxylic acids is 2. The second-order valence-corrected chi connectivity index (χ2v) is 13.9. The zero-order chi connectivity index (χ0) is 32.7. The first-order chi connectivity index (χ1) is 20.6. The van der Waals surface area contributed by atoms with Crippen molar-refractivity contribution in [3.8, 4) is 0 Å². The van der Waals surface area contributed by atoms with Crippen molar-refractivity contribution in [2.24, 2.45) is 10.4 Å². The predicted molar refractivity (Wildman–Crippen MR) is 185 cm³/mol. The molecule has 0 atom stereocenters. The molecule has 3 aromatic rings. The van der Waals surface area contributed by atoms with Crippen molar-refractivity contribution in [3.63, 3.8) is 0 Å². The SMILES string of the molecule is Cc1cccc(C)c1N=C=C1N(c2c(C(C)C)cccc2C(C)C)C(=O)C(C)(C)C(=O)N1c1c(C(C)C)cccc1C(C)C. The van der Waals surface area contributed by atoms with Gasteiger partial charge in [0, 0.05) is 5.87 Å². The van der Waals surface area contributed by atoms with E-state index in [1.165, 1.54) is 0 Å². The molecule has 0 N–H and O–H groups in total. The number of carbonyl (C=O) groups is 2. The van der Waals surface area contributed by atoms with Crippen molar-refractivity contribution < 1.29 is 9.59 Å². The number of benzene rings is 3. The van der Waals surface area contributed by atoms with Crippen LogP contribution in [0.1, 0.15) is 126 Å². The van der Waals surface area contributed by atoms with E-state index in [9.17, 15) is 9.59 Å². The van der Waals surface area contributed by atoms with Gasteiger partial charge in [-0.15, -0.1) is 0 Å². The predicted octanol–water partition coefficient (Wildman–Crippen LogP) is 10.0. The summed E-state index contributed by atoms with van der Waals surface area (Å²) in [5.74, 6) is 3.66. The molecule has 5 heteroatoms. The second kappa shape index (κ2) is 12.6. The maximum Gasteiger partial charge on any atom is 0.248 e. The summed E-state index contributed by atoms with van der Waals surface area (Å²) >= 11 is 0. The van der Waals surface area contributed by atoms with Crippen molar-refractivity contribution in [2.45, 2.75) is 107 Å². The lowest BCUT2D eigenvalue weighted by Gasteiger charge is -2.46. The van der Waals surface area contributed by atoms with Gasteiger partial charge >= 0.3 is 0 Å². The fraction of sp³-hybridized carbons (Fsp3) is 0.436. The molecule has 0 radical (unpaired) electrons. The average molecular weight is 592 g/mol. The van der Waals surface area contributed by atoms with Crippen molar-refractivity contribution in [1.82, 2.24) is 0 Å². The van der Waals surface area contributed by atoms with Gasteiger partial charge in [-0.2, -0.15) is 0 Å². The minimum Gasteiger partial charge on any atom is -0.273 e. The van der Waals surface area contributed by atoms with Gasteiger partial charge in [0.15, 0.2) is 5.82 Å². The highest BCUT2D eigenvalue weighted by molar-refractivity contribution is 6.24. The van der Waals surface area contributed by atoms with E-state index >= 15 is 0 Å². The summed E-state index contributed by atoms with van der Waals surface area (Å²) in [7, 11) is 0. The number of para-hydroxylation sites is 3. The molecule has 2 amide bonds. The number of anilines is 2. The van der Waals surface area contributed by atoms with E-state index in [4.69, 9.17) is 4.99 Å². The molecule has 0 aliphatic carbocycles. The molecule has 3 aromatic carbocycles. The summed E-state index contributed by atoms with van der Waals surface area (Å²) in [6, 6.07) is 18.5. The molecule has 0 spiro atoms. The summed E-state index contributed by atoms with van der Waals surface area (Å²) in [5.41, 5.74) is 7.27. The first-order valence-corrected chi connectivity index (χ1v) is 16.0. The zero-order valence-corrected chi connectivity index (χ0v) is 28.7. The summed E-state index contributed by atoms with van der Waals surface area (Å²) in [6.07, 6.45) is 0. The third-order valence-corrected chi connectivity index (χ3v) is 8.74. The molecule has 5 nitrogen and oxygen atoms in total. The normalized spacial score (nSPS) is 15.2. The van der Waals surface area contributed by atoms with Crippen LogP contribution >= 0.6 is 0 Å². The number of nitrogens with zero attached hydrogens (tertiary/aromatic N) is 3. The van der Waals surface area contributed by atoms with Gasteiger partial charge in [0.25, 0.3) is 0 Å². The van der Waals surface area contributed by atoms with Gasteiger partial charge in [-0.1, -0.05) is 110 Å². The molecule has 1 heterocycles. The number of rotatable bonds is 7. The number of hydrogen-bond acceptors (Lipinski definition) is 3. The summed E-state index contributed by atoms with van der Waals surface area (Å²) in [4.78, 5) is 37.9. The summed E-state index contributed by atoms with van der Waals surface area (Å²) in [6.45, 7) is 24.7. The summed E-state index contributed by atoms with van der Waals surface area (Å²) < 4.78 is 0. The molecule has 0 aromatic heterocycles. The highest BCUT2D eigenvalue weighted by atomic mass is 16.2. The fourth-order valence-corrected chi connectivity index (χ4v) is 6.09. The lowest BCUT2D eigenvalue weighted by molar-refractivity contribution is -0.139. The van der Waals surface area contributed by atoms with Crippen molar-refractivity contribution >= 4 is 34.7 Å². The third-order valence-electron chi connectivity index (χ3n) is 8.74. The Hall–Kier alpha value is -3.95. The van der Waals surface area contributed by atoms with Crippen LogP contribution in [-0.2, 0) is 9.59 Å². The Morgan fingerprint density at radius 1 is 0.591 bits per heavy atom. The lowest BCUT2D eigenvalue weighted by atomic mass is 9.83. The molecular formula is C39H49N3O2. The molecular weight excluding hydrogens is 542 g/mol.